The van der Waals surface area contributed by atoms with E-state index in [9.17, 15) is 9.59 Å². The predicted molar refractivity (Wildman–Crippen MR) is 136 cm³/mol. The largest absolute Gasteiger partial charge is 0.496 e. The number of carbonyl (C=O) groups excluding carboxylic acids is 2. The van der Waals surface area contributed by atoms with Crippen molar-refractivity contribution in [1.29, 1.82) is 0 Å². The molecule has 1 spiro atoms. The Balaban J connectivity index is 1.36. The van der Waals surface area contributed by atoms with Gasteiger partial charge < -0.3 is 14.4 Å². The Kier molecular flexibility index (Phi) is 5.82. The minimum Gasteiger partial charge on any atom is -0.496 e. The number of para-hydroxylation sites is 1. The second kappa shape index (κ2) is 8.59. The average Bonchev–Trinajstić information content (AvgIpc) is 3.28. The summed E-state index contributed by atoms with van der Waals surface area (Å²) in [6, 6.07) is 7.31. The van der Waals surface area contributed by atoms with Gasteiger partial charge in [-0.25, -0.2) is 9.97 Å². The number of carbonyl (C=O) groups is 2. The molecule has 1 amide bonds. The summed E-state index contributed by atoms with van der Waals surface area (Å²) in [5.41, 5.74) is 1.46. The number of thiazole rings is 1. The lowest BCUT2D eigenvalue weighted by molar-refractivity contribution is 0.0517. The van der Waals surface area contributed by atoms with Crippen LogP contribution in [0.25, 0.3) is 10.9 Å². The van der Waals surface area contributed by atoms with Crippen molar-refractivity contribution < 1.29 is 19.1 Å². The van der Waals surface area contributed by atoms with E-state index in [-0.39, 0.29) is 22.5 Å². The number of pyridine rings is 1. The molecule has 3 heterocycles. The number of aromatic nitrogens is 2. The number of nitrogens with zero attached hydrogens (tertiary/aromatic N) is 3. The molecular formula is C27H31N3O4S. The summed E-state index contributed by atoms with van der Waals surface area (Å²) in [5.74, 6) is 1.21. The second-order valence-electron chi connectivity index (χ2n) is 10.7. The van der Waals surface area contributed by atoms with Gasteiger partial charge in [-0.2, -0.15) is 0 Å². The second-order valence-corrected chi connectivity index (χ2v) is 11.8. The summed E-state index contributed by atoms with van der Waals surface area (Å²) in [7, 11) is 3.18. The van der Waals surface area contributed by atoms with Gasteiger partial charge in [-0.05, 0) is 36.8 Å². The summed E-state index contributed by atoms with van der Waals surface area (Å²) < 4.78 is 11.0. The van der Waals surface area contributed by atoms with E-state index in [0.29, 0.717) is 47.9 Å². The summed E-state index contributed by atoms with van der Waals surface area (Å²) in [4.78, 5) is 38.8. The fourth-order valence-corrected chi connectivity index (χ4v) is 6.48. The summed E-state index contributed by atoms with van der Waals surface area (Å²) in [6.45, 7) is 7.59. The molecule has 8 heteroatoms. The molecule has 0 N–H and O–H groups in total. The van der Waals surface area contributed by atoms with E-state index >= 15 is 0 Å². The van der Waals surface area contributed by atoms with Gasteiger partial charge in [-0.1, -0.05) is 26.8 Å². The number of methoxy groups -OCH3 is 2. The smallest absolute Gasteiger partial charge is 0.272 e. The topological polar surface area (TPSA) is 81.6 Å². The molecule has 0 bridgehead atoms. The van der Waals surface area contributed by atoms with Gasteiger partial charge in [-0.3, -0.25) is 9.59 Å². The lowest BCUT2D eigenvalue weighted by Gasteiger charge is -2.43. The van der Waals surface area contributed by atoms with Gasteiger partial charge >= 0.3 is 0 Å². The molecule has 35 heavy (non-hydrogen) atoms. The normalized spacial score (nSPS) is 17.5. The van der Waals surface area contributed by atoms with Crippen molar-refractivity contribution >= 4 is 33.9 Å². The summed E-state index contributed by atoms with van der Waals surface area (Å²) in [6.07, 6.45) is 2.96. The number of ketones is 1. The molecular weight excluding hydrogens is 462 g/mol. The molecule has 1 aliphatic carbocycles. The highest BCUT2D eigenvalue weighted by Crippen LogP contribution is 2.46. The van der Waals surface area contributed by atoms with Gasteiger partial charge in [-0.15, -0.1) is 11.3 Å². The van der Waals surface area contributed by atoms with Crippen molar-refractivity contribution in [2.24, 2.45) is 5.41 Å². The van der Waals surface area contributed by atoms with Gasteiger partial charge in [0.2, 0.25) is 0 Å². The number of rotatable bonds is 3. The molecule has 0 saturated carbocycles. The number of amides is 1. The van der Waals surface area contributed by atoms with Crippen molar-refractivity contribution in [2.45, 2.75) is 51.9 Å². The summed E-state index contributed by atoms with van der Waals surface area (Å²) >= 11 is 1.68. The maximum atomic E-state index is 13.5. The van der Waals surface area contributed by atoms with E-state index in [1.165, 1.54) is 0 Å². The molecule has 7 nitrogen and oxygen atoms in total. The van der Waals surface area contributed by atoms with Crippen LogP contribution in [0.1, 0.15) is 70.9 Å². The monoisotopic (exact) mass is 493 g/mol. The van der Waals surface area contributed by atoms with Gasteiger partial charge in [0.15, 0.2) is 5.78 Å². The standard InChI is InChI=1S/C27H31N3O4S/c1-26(2,3)25-29-23-18(31)14-27(15-21(23)35-25)9-11-30(12-10-27)24(32)17-13-20(34-5)16-7-6-8-19(33-4)22(16)28-17/h6-8,13H,9-12,14-15H2,1-5H3. The third-order valence-corrected chi connectivity index (χ3v) is 8.69. The van der Waals surface area contributed by atoms with Crippen molar-refractivity contribution in [1.82, 2.24) is 14.9 Å². The molecule has 1 aliphatic heterocycles. The first-order valence-electron chi connectivity index (χ1n) is 12.0. The minimum atomic E-state index is -0.124. The minimum absolute atomic E-state index is 0.0676. The zero-order chi connectivity index (χ0) is 25.0. The number of hydrogen-bond donors (Lipinski definition) is 0. The molecule has 5 rings (SSSR count). The van der Waals surface area contributed by atoms with Crippen molar-refractivity contribution in [3.8, 4) is 11.5 Å². The molecule has 2 aromatic heterocycles. The predicted octanol–water partition coefficient (Wildman–Crippen LogP) is 5.06. The zero-order valence-corrected chi connectivity index (χ0v) is 21.8. The Morgan fingerprint density at radius 3 is 2.43 bits per heavy atom. The fraction of sp³-hybridized carbons (Fsp3) is 0.481. The quantitative estimate of drug-likeness (QED) is 0.507. The van der Waals surface area contributed by atoms with Crippen LogP contribution in [-0.4, -0.2) is 53.9 Å². The molecule has 1 saturated heterocycles. The third-order valence-electron chi connectivity index (χ3n) is 7.21. The Labute approximate surface area is 209 Å². The van der Waals surface area contributed by atoms with Gasteiger partial charge in [0.05, 0.1) is 19.2 Å². The number of ether oxygens (including phenoxy) is 2. The Morgan fingerprint density at radius 1 is 1.06 bits per heavy atom. The molecule has 1 aromatic carbocycles. The first kappa shape index (κ1) is 23.7. The molecule has 2 aliphatic rings. The van der Waals surface area contributed by atoms with Gasteiger partial charge in [0.25, 0.3) is 5.91 Å². The molecule has 1 fully saturated rings. The van der Waals surface area contributed by atoms with Crippen LogP contribution in [0, 0.1) is 5.41 Å². The van der Waals surface area contributed by atoms with Crippen LogP contribution in [0.2, 0.25) is 0 Å². The molecule has 0 atom stereocenters. The molecule has 0 radical (unpaired) electrons. The van der Waals surface area contributed by atoms with E-state index in [0.717, 1.165) is 34.5 Å². The van der Waals surface area contributed by atoms with E-state index in [1.54, 1.807) is 31.6 Å². The highest BCUT2D eigenvalue weighted by molar-refractivity contribution is 7.12. The zero-order valence-electron chi connectivity index (χ0n) is 20.9. The lowest BCUT2D eigenvalue weighted by atomic mass is 9.68. The van der Waals surface area contributed by atoms with Crippen molar-refractivity contribution in [3.05, 3.63) is 45.5 Å². The summed E-state index contributed by atoms with van der Waals surface area (Å²) in [5, 5.41) is 1.82. The molecule has 3 aromatic rings. The number of Topliss-reactive ketones (excluding diaryl/α,β-unsaturated/α-hetero) is 1. The van der Waals surface area contributed by atoms with E-state index in [4.69, 9.17) is 14.5 Å². The molecule has 0 unspecified atom stereocenters. The highest BCUT2D eigenvalue weighted by atomic mass is 32.1. The third kappa shape index (κ3) is 4.18. The van der Waals surface area contributed by atoms with Gasteiger partial charge in [0.1, 0.15) is 28.4 Å². The number of fused-ring (bicyclic) bond motifs is 2. The Hall–Kier alpha value is -3.00. The van der Waals surface area contributed by atoms with Crippen LogP contribution < -0.4 is 9.47 Å². The van der Waals surface area contributed by atoms with Crippen molar-refractivity contribution in [2.75, 3.05) is 27.3 Å². The van der Waals surface area contributed by atoms with E-state index in [1.807, 2.05) is 23.1 Å². The molecule has 184 valence electrons. The lowest BCUT2D eigenvalue weighted by Crippen LogP contribution is -2.46. The van der Waals surface area contributed by atoms with Crippen LogP contribution in [0.5, 0.6) is 11.5 Å². The Morgan fingerprint density at radius 2 is 1.77 bits per heavy atom. The number of piperidine rings is 1. The highest BCUT2D eigenvalue weighted by Gasteiger charge is 2.44. The van der Waals surface area contributed by atoms with Crippen molar-refractivity contribution in [3.63, 3.8) is 0 Å². The maximum Gasteiger partial charge on any atom is 0.272 e. The van der Waals surface area contributed by atoms with Crippen LogP contribution >= 0.6 is 11.3 Å². The van der Waals surface area contributed by atoms with Crippen LogP contribution in [0.4, 0.5) is 0 Å². The first-order chi connectivity index (χ1) is 16.6. The number of benzene rings is 1. The van der Waals surface area contributed by atoms with Crippen LogP contribution in [0.3, 0.4) is 0 Å². The van der Waals surface area contributed by atoms with E-state index in [2.05, 4.69) is 25.8 Å². The Bertz CT molecular complexity index is 1320. The maximum absolute atomic E-state index is 13.5. The van der Waals surface area contributed by atoms with Gasteiger partial charge in [0, 0.05) is 41.3 Å². The first-order valence-corrected chi connectivity index (χ1v) is 12.8. The van der Waals surface area contributed by atoms with Crippen LogP contribution in [-0.2, 0) is 11.8 Å². The van der Waals surface area contributed by atoms with E-state index < -0.39 is 0 Å². The fourth-order valence-electron chi connectivity index (χ4n) is 5.17. The average molecular weight is 494 g/mol. The number of likely N-dealkylation sites (tertiary alicyclic amines) is 1. The SMILES string of the molecule is COc1cc(C(=O)N2CCC3(CC2)CC(=O)c2nc(C(C)(C)C)sc2C3)nc2c(OC)cccc12. The number of hydrogen-bond acceptors (Lipinski definition) is 7. The van der Waals surface area contributed by atoms with Crippen LogP contribution in [0.15, 0.2) is 24.3 Å².